The predicted octanol–water partition coefficient (Wildman–Crippen LogP) is 14.8. The summed E-state index contributed by atoms with van der Waals surface area (Å²) in [5, 5.41) is 18.3. The maximum absolute atomic E-state index is 13.9. The first-order valence-corrected chi connectivity index (χ1v) is 43.8. The fourth-order valence-electron chi connectivity index (χ4n) is 12.4. The zero-order valence-corrected chi connectivity index (χ0v) is 73.0. The standard InChI is InChI=1S/C21H18N4O2.C20H16F2N4O2.C19H14ClF2N3O3S.C16H18N4O3S.C13H14N4O3S/c1-13-16(11-21-25-18-5-3-4-6-19(18)27-21)9-17(12-23-13)15-7-8-22-20(10-15)24-14(2)26;1-12(27)25-19-8-13(5-6-24-19)14-7-16(11-23-10-14)26(2)20(28)17-4-3-15(21)9-18(17)22;1-11(26)25-18-6-12(4-5-24-18)15-9-23-8-13(19(15)20)10-29(27,28)17-3-2-14(21)7-16(17)22;1-11(21)19-16-8-12(5-6-18-16)13-7-15(10-17-9-13)24(22,23)20-14-3-2-4-14;1-8-12(21(14,19)20)5-11(7-16-8)10-3-4-15-13(6-10)17-9(2)18/h3-10,12H,11H2,1-2H3,(H,22,24,26);3-11H,1-2H3,(H,24,25,27);2-9H,10H2,1H3,(H,24,25,26);5-10,14,20H,2-4H2,1H3,(H,18,19,21);3-7H,1-2H3,(H2,14,19,20)(H,15,17,18). The first-order chi connectivity index (χ1) is 61.3. The van der Waals surface area contributed by atoms with Gasteiger partial charge in [0.2, 0.25) is 49.6 Å². The second kappa shape index (κ2) is 42.5. The molecule has 1 saturated carbocycles. The van der Waals surface area contributed by atoms with Gasteiger partial charge in [-0.05, 0) is 181 Å². The number of benzene rings is 3. The first kappa shape index (κ1) is 94.9. The molecule has 14 aromatic rings. The summed E-state index contributed by atoms with van der Waals surface area (Å²) in [4.78, 5) is 115. The summed E-state index contributed by atoms with van der Waals surface area (Å²) in [7, 11) is -10.1. The molecule has 3 aromatic carbocycles. The van der Waals surface area contributed by atoms with E-state index in [0.717, 1.165) is 88.1 Å². The van der Waals surface area contributed by atoms with Gasteiger partial charge >= 0.3 is 0 Å². The van der Waals surface area contributed by atoms with Crippen LogP contribution >= 0.6 is 11.6 Å². The van der Waals surface area contributed by atoms with Gasteiger partial charge in [-0.25, -0.2) is 82.6 Å². The van der Waals surface area contributed by atoms with Crippen molar-refractivity contribution >= 4 is 123 Å². The minimum atomic E-state index is -4.14. The van der Waals surface area contributed by atoms with Crippen LogP contribution in [0, 0.1) is 37.1 Å². The Balaban J connectivity index is 0.000000157. The smallest absolute Gasteiger partial charge is 0.261 e. The molecule has 11 aromatic heterocycles. The van der Waals surface area contributed by atoms with Gasteiger partial charge in [-0.1, -0.05) is 30.2 Å². The molecule has 0 radical (unpaired) electrons. The maximum Gasteiger partial charge on any atom is 0.261 e. The second-order valence-electron chi connectivity index (χ2n) is 28.7. The zero-order chi connectivity index (χ0) is 93.0. The number of nitrogens with zero attached hydrogens (tertiary/aromatic N) is 12. The number of halogens is 5. The van der Waals surface area contributed by atoms with E-state index in [4.69, 9.17) is 21.2 Å². The van der Waals surface area contributed by atoms with E-state index in [1.165, 1.54) is 102 Å². The number of aromatic nitrogens is 11. The summed E-state index contributed by atoms with van der Waals surface area (Å²) in [6.45, 7) is 10.5. The Hall–Kier alpha value is -14.8. The number of nitrogens with one attached hydrogen (secondary N) is 6. The van der Waals surface area contributed by atoms with Crippen LogP contribution in [0.1, 0.15) is 92.6 Å². The lowest BCUT2D eigenvalue weighted by Gasteiger charge is -2.26. The van der Waals surface area contributed by atoms with Crippen molar-refractivity contribution < 1.29 is 76.0 Å². The molecule has 40 heteroatoms. The third-order valence-corrected chi connectivity index (χ3v) is 23.4. The number of anilines is 6. The van der Waals surface area contributed by atoms with Crippen molar-refractivity contribution in [3.8, 4) is 55.6 Å². The Kier molecular flexibility index (Phi) is 31.2. The number of hydrogen-bond acceptors (Lipinski definition) is 24. The second-order valence-corrected chi connectivity index (χ2v) is 34.3. The van der Waals surface area contributed by atoms with Gasteiger partial charge in [-0.3, -0.25) is 53.7 Å². The van der Waals surface area contributed by atoms with Crippen LogP contribution in [-0.2, 0) is 66.0 Å². The van der Waals surface area contributed by atoms with Crippen LogP contribution in [0.3, 0.4) is 0 Å². The topological polar surface area (TPSA) is 461 Å². The van der Waals surface area contributed by atoms with Crippen LogP contribution in [0.4, 0.5) is 52.3 Å². The molecule has 0 bridgehead atoms. The third-order valence-electron chi connectivity index (χ3n) is 18.7. The van der Waals surface area contributed by atoms with Gasteiger partial charge in [0.25, 0.3) is 5.91 Å². The highest BCUT2D eigenvalue weighted by molar-refractivity contribution is 7.90. The van der Waals surface area contributed by atoms with Gasteiger partial charge in [0.1, 0.15) is 72.6 Å². The monoisotopic (exact) mass is 1830 g/mol. The van der Waals surface area contributed by atoms with Crippen molar-refractivity contribution in [1.82, 2.24) is 59.5 Å². The van der Waals surface area contributed by atoms with E-state index in [1.807, 2.05) is 49.5 Å². The first-order valence-electron chi connectivity index (χ1n) is 38.8. The Morgan fingerprint density at radius 3 is 1.42 bits per heavy atom. The van der Waals surface area contributed by atoms with Crippen LogP contribution < -0.4 is 41.3 Å². The molecule has 129 heavy (non-hydrogen) atoms. The van der Waals surface area contributed by atoms with E-state index < -0.39 is 69.7 Å². The van der Waals surface area contributed by atoms with E-state index in [2.05, 4.69) is 92.2 Å². The molecular formula is C89H80ClF4N19O13S3. The number of sulfone groups is 1. The van der Waals surface area contributed by atoms with Crippen LogP contribution in [0.25, 0.3) is 66.7 Å². The van der Waals surface area contributed by atoms with E-state index >= 15 is 0 Å². The van der Waals surface area contributed by atoms with Crippen molar-refractivity contribution in [1.29, 1.82) is 0 Å². The molecule has 8 N–H and O–H groups in total. The molecule has 0 spiro atoms. The summed E-state index contributed by atoms with van der Waals surface area (Å²) in [5.74, 6) is -3.56. The van der Waals surface area contributed by atoms with Crippen molar-refractivity contribution in [2.24, 2.45) is 5.14 Å². The third kappa shape index (κ3) is 26.4. The lowest BCUT2D eigenvalue weighted by atomic mass is 9.94. The Morgan fingerprint density at radius 2 is 0.930 bits per heavy atom. The van der Waals surface area contributed by atoms with Crippen LogP contribution in [0.15, 0.2) is 245 Å². The zero-order valence-electron chi connectivity index (χ0n) is 69.8. The number of aryl methyl sites for hydroxylation is 2. The van der Waals surface area contributed by atoms with Crippen LogP contribution in [-0.4, -0.2) is 129 Å². The van der Waals surface area contributed by atoms with Crippen LogP contribution in [0.2, 0.25) is 5.02 Å². The van der Waals surface area contributed by atoms with Crippen molar-refractivity contribution in [3.63, 3.8) is 0 Å². The summed E-state index contributed by atoms with van der Waals surface area (Å²) < 4.78 is 136. The molecule has 11 heterocycles. The number of nitrogens with two attached hydrogens (primary N) is 1. The minimum Gasteiger partial charge on any atom is -0.440 e. The Bertz CT molecular complexity index is 6930. The largest absolute Gasteiger partial charge is 0.440 e. The highest BCUT2D eigenvalue weighted by Gasteiger charge is 2.28. The fourth-order valence-corrected chi connectivity index (χ4v) is 16.2. The number of rotatable bonds is 21. The van der Waals surface area contributed by atoms with Crippen LogP contribution in [0.5, 0.6) is 0 Å². The molecule has 662 valence electrons. The number of fused-ring (bicyclic) bond motifs is 1. The summed E-state index contributed by atoms with van der Waals surface area (Å²) in [5.41, 5.74) is 11.1. The molecule has 1 fully saturated rings. The molecule has 1 aliphatic rings. The lowest BCUT2D eigenvalue weighted by Crippen LogP contribution is -2.39. The average Bonchev–Trinajstić information content (AvgIpc) is 0.933. The SMILES string of the molecule is CC(=O)Nc1cc(-c2cnc(C)c(Cc3nc4ccccc4o3)c2)ccn1.CC(=O)Nc1cc(-c2cnc(C)c(S(N)(=O)=O)c2)ccn1.CC(=O)Nc1cc(-c2cncc(CS(=O)(=O)c3ccc(F)cc3F)c2Cl)ccn1.CC(=O)Nc1cc(-c2cncc(N(C)C(=O)c3ccc(F)cc3F)c2)ccn1.CC(=O)Nc1cc(-c2cncc(S(=O)(=O)NC3CCC3)c2)ccn1. The van der Waals surface area contributed by atoms with Crippen molar-refractivity contribution in [3.05, 3.63) is 288 Å². The maximum atomic E-state index is 13.9. The fraction of sp³-hybridized carbons (Fsp3) is 0.157. The van der Waals surface area contributed by atoms with Crippen molar-refractivity contribution in [2.45, 2.75) is 101 Å². The summed E-state index contributed by atoms with van der Waals surface area (Å²) in [6, 6.07) is 36.6. The number of sulfonamides is 2. The molecule has 1 aliphatic carbocycles. The lowest BCUT2D eigenvalue weighted by molar-refractivity contribution is -0.115. The highest BCUT2D eigenvalue weighted by atomic mass is 35.5. The van der Waals surface area contributed by atoms with E-state index in [0.29, 0.717) is 92.5 Å². The predicted molar refractivity (Wildman–Crippen MR) is 476 cm³/mol. The highest BCUT2D eigenvalue weighted by Crippen LogP contribution is 2.35. The molecule has 15 rings (SSSR count). The Labute approximate surface area is 742 Å². The molecule has 0 aliphatic heterocycles. The molecular weight excluding hydrogens is 1750 g/mol. The van der Waals surface area contributed by atoms with Gasteiger partial charge < -0.3 is 35.9 Å². The quantitative estimate of drug-likeness (QED) is 0.0259. The van der Waals surface area contributed by atoms with E-state index in [9.17, 15) is 71.6 Å². The minimum absolute atomic E-state index is 0.0194. The summed E-state index contributed by atoms with van der Waals surface area (Å²) >= 11 is 6.39. The molecule has 32 nitrogen and oxygen atoms in total. The number of para-hydroxylation sites is 2. The van der Waals surface area contributed by atoms with Gasteiger partial charge in [0.05, 0.1) is 40.3 Å². The summed E-state index contributed by atoms with van der Waals surface area (Å²) in [6.07, 6.45) is 23.1. The van der Waals surface area contributed by atoms with Gasteiger partial charge in [-0.15, -0.1) is 0 Å². The molecule has 0 saturated heterocycles. The van der Waals surface area contributed by atoms with E-state index in [-0.39, 0.29) is 67.3 Å². The number of hydrogen-bond donors (Lipinski definition) is 7. The number of carbonyl (C=O) groups excluding carboxylic acids is 6. The normalized spacial score (nSPS) is 11.7. The number of oxazole rings is 1. The molecule has 0 atom stereocenters. The number of pyridine rings is 10. The van der Waals surface area contributed by atoms with Gasteiger partial charge in [-0.2, -0.15) is 0 Å². The van der Waals surface area contributed by atoms with Gasteiger partial charge in [0, 0.05) is 173 Å². The number of primary sulfonamides is 1. The number of amides is 6. The Morgan fingerprint density at radius 1 is 0.473 bits per heavy atom. The van der Waals surface area contributed by atoms with E-state index in [1.54, 1.807) is 92.4 Å². The molecule has 0 unspecified atom stereocenters. The average molecular weight is 1830 g/mol. The molecule has 6 amide bonds. The van der Waals surface area contributed by atoms with Gasteiger partial charge in [0.15, 0.2) is 21.3 Å². The number of carbonyl (C=O) groups is 6. The van der Waals surface area contributed by atoms with Crippen molar-refractivity contribution in [2.75, 3.05) is 38.5 Å².